The Morgan fingerprint density at radius 3 is 2.33 bits per heavy atom. The molecule has 134 valence electrons. The van der Waals surface area contributed by atoms with Gasteiger partial charge in [0.2, 0.25) is 0 Å². The van der Waals surface area contributed by atoms with E-state index in [2.05, 4.69) is 29.6 Å². The number of hydrogen-bond acceptors (Lipinski definition) is 3. The fourth-order valence-electron chi connectivity index (χ4n) is 4.27. The van der Waals surface area contributed by atoms with E-state index >= 15 is 0 Å². The van der Waals surface area contributed by atoms with E-state index in [0.29, 0.717) is 12.0 Å². The minimum absolute atomic E-state index is 0.0764. The summed E-state index contributed by atoms with van der Waals surface area (Å²) in [5.74, 6) is -0.259. The van der Waals surface area contributed by atoms with Crippen LogP contribution in [0.2, 0.25) is 0 Å². The molecule has 3 nitrogen and oxygen atoms in total. The number of nitrogens with one attached hydrogen (secondary N) is 1. The monoisotopic (exact) mass is 354 g/mol. The average Bonchev–Trinajstić information content (AvgIpc) is 2.68. The predicted molar refractivity (Wildman–Crippen MR) is 106 cm³/mol. The number of carbonyl (C=O) groups is 1. The van der Waals surface area contributed by atoms with Gasteiger partial charge in [-0.2, -0.15) is 5.26 Å². The summed E-state index contributed by atoms with van der Waals surface area (Å²) < 4.78 is 0. The molecule has 2 aromatic carbocycles. The van der Waals surface area contributed by atoms with Crippen molar-refractivity contribution in [3.05, 3.63) is 94.3 Å². The zero-order valence-electron chi connectivity index (χ0n) is 15.6. The van der Waals surface area contributed by atoms with Crippen LogP contribution in [-0.4, -0.2) is 5.78 Å². The molecule has 27 heavy (non-hydrogen) atoms. The molecule has 4 rings (SSSR count). The second kappa shape index (κ2) is 6.89. The first-order valence-electron chi connectivity index (χ1n) is 9.32. The lowest BCUT2D eigenvalue weighted by molar-refractivity contribution is -0.123. The molecule has 2 aliphatic rings. The summed E-state index contributed by atoms with van der Waals surface area (Å²) in [7, 11) is 0. The molecule has 0 aromatic heterocycles. The van der Waals surface area contributed by atoms with Crippen molar-refractivity contribution >= 4 is 5.78 Å². The van der Waals surface area contributed by atoms with E-state index in [1.165, 1.54) is 5.56 Å². The number of carbonyl (C=O) groups excluding carboxylic acids is 1. The second-order valence-corrected chi connectivity index (χ2v) is 7.45. The molecule has 0 fully saturated rings. The average molecular weight is 354 g/mol. The zero-order valence-corrected chi connectivity index (χ0v) is 15.6. The second-order valence-electron chi connectivity index (χ2n) is 7.45. The van der Waals surface area contributed by atoms with E-state index in [-0.39, 0.29) is 23.5 Å². The molecule has 3 heteroatoms. The van der Waals surface area contributed by atoms with E-state index in [9.17, 15) is 10.1 Å². The van der Waals surface area contributed by atoms with Crippen molar-refractivity contribution in [2.75, 3.05) is 0 Å². The van der Waals surface area contributed by atoms with Gasteiger partial charge in [0, 0.05) is 29.7 Å². The number of Topliss-reactive ketones (excluding diaryl/α,β-unsaturated/α-hetero) is 1. The van der Waals surface area contributed by atoms with Gasteiger partial charge in [0.25, 0.3) is 0 Å². The van der Waals surface area contributed by atoms with Gasteiger partial charge in [-0.3, -0.25) is 4.79 Å². The van der Waals surface area contributed by atoms with E-state index in [1.54, 1.807) is 0 Å². The van der Waals surface area contributed by atoms with Crippen LogP contribution < -0.4 is 5.32 Å². The SMILES string of the molecule is CC1=C(C#N)C(c2ccc(C)cc2)C2C(=O)CC(c3ccccc3)C=C2N1. The molecule has 2 aromatic rings. The van der Waals surface area contributed by atoms with Crippen LogP contribution in [0.1, 0.15) is 41.9 Å². The smallest absolute Gasteiger partial charge is 0.143 e. The van der Waals surface area contributed by atoms with Gasteiger partial charge in [-0.15, -0.1) is 0 Å². The third-order valence-electron chi connectivity index (χ3n) is 5.65. The van der Waals surface area contributed by atoms with Crippen LogP contribution in [-0.2, 0) is 4.79 Å². The first-order chi connectivity index (χ1) is 13.1. The Morgan fingerprint density at radius 1 is 0.963 bits per heavy atom. The van der Waals surface area contributed by atoms with Crippen LogP contribution in [0.15, 0.2) is 77.6 Å². The molecular formula is C24H22N2O. The number of rotatable bonds is 2. The maximum Gasteiger partial charge on any atom is 0.143 e. The molecule has 1 aliphatic heterocycles. The van der Waals surface area contributed by atoms with Gasteiger partial charge >= 0.3 is 0 Å². The van der Waals surface area contributed by atoms with E-state index in [4.69, 9.17) is 0 Å². The van der Waals surface area contributed by atoms with Gasteiger partial charge in [0.05, 0.1) is 17.6 Å². The molecule has 0 spiro atoms. The van der Waals surface area contributed by atoms with Crippen molar-refractivity contribution in [2.45, 2.75) is 32.1 Å². The molecule has 1 N–H and O–H groups in total. The first kappa shape index (κ1) is 17.3. The number of hydrogen-bond donors (Lipinski definition) is 1. The largest absolute Gasteiger partial charge is 0.361 e. The van der Waals surface area contributed by atoms with Crippen molar-refractivity contribution < 1.29 is 4.79 Å². The summed E-state index contributed by atoms with van der Waals surface area (Å²) in [5, 5.41) is 13.1. The number of ketones is 1. The lowest BCUT2D eigenvalue weighted by Crippen LogP contribution is -2.39. The van der Waals surface area contributed by atoms with Crippen LogP contribution in [0.5, 0.6) is 0 Å². The normalized spacial score (nSPS) is 24.6. The third-order valence-corrected chi connectivity index (χ3v) is 5.65. The third kappa shape index (κ3) is 3.08. The van der Waals surface area contributed by atoms with E-state index in [0.717, 1.165) is 22.5 Å². The number of nitrogens with zero attached hydrogens (tertiary/aromatic N) is 1. The van der Waals surface area contributed by atoms with E-state index in [1.807, 2.05) is 56.3 Å². The number of nitriles is 1. The molecule has 0 radical (unpaired) electrons. The summed E-state index contributed by atoms with van der Waals surface area (Å²) >= 11 is 0. The summed E-state index contributed by atoms with van der Waals surface area (Å²) in [6.07, 6.45) is 2.65. The Balaban J connectivity index is 1.81. The van der Waals surface area contributed by atoms with Gasteiger partial charge in [-0.25, -0.2) is 0 Å². The van der Waals surface area contributed by atoms with Crippen LogP contribution in [0.3, 0.4) is 0 Å². The summed E-state index contributed by atoms with van der Waals surface area (Å²) in [5.41, 5.74) is 5.78. The van der Waals surface area contributed by atoms with Crippen LogP contribution in [0.25, 0.3) is 0 Å². The highest BCUT2D eigenvalue weighted by Gasteiger charge is 2.42. The Bertz CT molecular complexity index is 977. The first-order valence-corrected chi connectivity index (χ1v) is 9.32. The fourth-order valence-corrected chi connectivity index (χ4v) is 4.27. The fraction of sp³-hybridized carbons (Fsp3) is 0.250. The molecule has 1 heterocycles. The molecule has 0 saturated carbocycles. The van der Waals surface area contributed by atoms with Crippen LogP contribution >= 0.6 is 0 Å². The molecule has 0 saturated heterocycles. The summed E-state index contributed by atoms with van der Waals surface area (Å²) in [6.45, 7) is 3.97. The van der Waals surface area contributed by atoms with Crippen molar-refractivity contribution in [1.29, 1.82) is 5.26 Å². The molecular weight excluding hydrogens is 332 g/mol. The van der Waals surface area contributed by atoms with Gasteiger partial charge in [-0.1, -0.05) is 66.2 Å². The number of allylic oxidation sites excluding steroid dienone is 4. The maximum absolute atomic E-state index is 13.2. The lowest BCUT2D eigenvalue weighted by Gasteiger charge is -2.38. The maximum atomic E-state index is 13.2. The highest BCUT2D eigenvalue weighted by Crippen LogP contribution is 2.45. The highest BCUT2D eigenvalue weighted by molar-refractivity contribution is 5.88. The standard InChI is InChI=1S/C24H22N2O/c1-15-8-10-18(11-9-15)23-20(14-25)16(2)26-21-12-19(13-22(27)24(21)23)17-6-4-3-5-7-17/h3-12,19,23-24,26H,13H2,1-2H3. The lowest BCUT2D eigenvalue weighted by atomic mass is 9.69. The van der Waals surface area contributed by atoms with Crippen molar-refractivity contribution in [3.63, 3.8) is 0 Å². The Kier molecular flexibility index (Phi) is 4.41. The quantitative estimate of drug-likeness (QED) is 0.848. The molecule has 0 bridgehead atoms. The van der Waals surface area contributed by atoms with Crippen molar-refractivity contribution in [3.8, 4) is 6.07 Å². The topological polar surface area (TPSA) is 52.9 Å². The minimum Gasteiger partial charge on any atom is -0.361 e. The Hall–Kier alpha value is -3.12. The summed E-state index contributed by atoms with van der Waals surface area (Å²) in [6, 6.07) is 20.7. The molecule has 0 amide bonds. The minimum atomic E-state index is -0.314. The Morgan fingerprint density at radius 2 is 1.67 bits per heavy atom. The van der Waals surface area contributed by atoms with Gasteiger partial charge in [-0.05, 0) is 25.0 Å². The molecule has 1 aliphatic carbocycles. The molecule has 3 atom stereocenters. The predicted octanol–water partition coefficient (Wildman–Crippen LogP) is 4.74. The molecule has 3 unspecified atom stereocenters. The number of aryl methyl sites for hydroxylation is 1. The van der Waals surface area contributed by atoms with Crippen molar-refractivity contribution in [1.82, 2.24) is 5.32 Å². The Labute approximate surface area is 160 Å². The number of benzene rings is 2. The summed E-state index contributed by atoms with van der Waals surface area (Å²) in [4.78, 5) is 13.2. The van der Waals surface area contributed by atoms with Gasteiger partial charge < -0.3 is 5.32 Å². The van der Waals surface area contributed by atoms with Crippen LogP contribution in [0, 0.1) is 24.2 Å². The zero-order chi connectivity index (χ0) is 19.0. The van der Waals surface area contributed by atoms with Gasteiger partial charge in [0.15, 0.2) is 0 Å². The van der Waals surface area contributed by atoms with Crippen LogP contribution in [0.4, 0.5) is 0 Å². The van der Waals surface area contributed by atoms with Gasteiger partial charge in [0.1, 0.15) is 5.78 Å². The highest BCUT2D eigenvalue weighted by atomic mass is 16.1. The van der Waals surface area contributed by atoms with E-state index < -0.39 is 0 Å². The van der Waals surface area contributed by atoms with Crippen molar-refractivity contribution in [2.24, 2.45) is 5.92 Å². The number of fused-ring (bicyclic) bond motifs is 1.